The fourth-order valence-corrected chi connectivity index (χ4v) is 1.38. The predicted molar refractivity (Wildman–Crippen MR) is 44.9 cm³/mol. The minimum absolute atomic E-state index is 0.752. The first-order valence-electron chi connectivity index (χ1n) is 3.40. The molecule has 0 radical (unpaired) electrons. The Balaban J connectivity index is 2.51. The van der Waals surface area contributed by atoms with Crippen LogP contribution in [0.5, 0.6) is 5.75 Å². The van der Waals surface area contributed by atoms with Crippen LogP contribution in [0.2, 0.25) is 5.02 Å². The Morgan fingerprint density at radius 2 is 2.27 bits per heavy atom. The van der Waals surface area contributed by atoms with Crippen molar-refractivity contribution < 1.29 is 4.74 Å². The molecule has 0 aliphatic carbocycles. The molecule has 0 amide bonds. The van der Waals surface area contributed by atoms with Crippen LogP contribution < -0.4 is 4.74 Å². The first kappa shape index (κ1) is 6.74. The van der Waals surface area contributed by atoms with E-state index in [0.29, 0.717) is 0 Å². The van der Waals surface area contributed by atoms with Crippen molar-refractivity contribution in [2.75, 3.05) is 0 Å². The summed E-state index contributed by atoms with van der Waals surface area (Å²) >= 11 is 5.79. The third-order valence-corrected chi connectivity index (χ3v) is 1.90. The summed E-state index contributed by atoms with van der Waals surface area (Å²) < 4.78 is 5.31. The van der Waals surface area contributed by atoms with Gasteiger partial charge in [-0.05, 0) is 18.2 Å². The van der Waals surface area contributed by atoms with E-state index in [1.807, 2.05) is 18.2 Å². The van der Waals surface area contributed by atoms with Crippen LogP contribution in [0.1, 0.15) is 5.56 Å². The lowest BCUT2D eigenvalue weighted by Crippen LogP contribution is -1.81. The van der Waals surface area contributed by atoms with Crippen LogP contribution in [0.4, 0.5) is 0 Å². The predicted octanol–water partition coefficient (Wildman–Crippen LogP) is 2.79. The minimum Gasteiger partial charge on any atom is -0.462 e. The molecule has 0 atom stereocenters. The number of fused-ring (bicyclic) bond motifs is 1. The Labute approximate surface area is 70.2 Å². The summed E-state index contributed by atoms with van der Waals surface area (Å²) in [5, 5.41) is 0.752. The van der Waals surface area contributed by atoms with E-state index in [0.717, 1.165) is 28.5 Å². The van der Waals surface area contributed by atoms with Crippen LogP contribution in [0.25, 0.3) is 0 Å². The molecular weight excluding hydrogens is 160 g/mol. The number of allylic oxidation sites excluding steroid dienone is 1. The molecule has 11 heavy (non-hydrogen) atoms. The van der Waals surface area contributed by atoms with Gasteiger partial charge in [0.05, 0.1) is 0 Å². The fourth-order valence-electron chi connectivity index (χ4n) is 1.19. The van der Waals surface area contributed by atoms with Crippen molar-refractivity contribution in [1.82, 2.24) is 0 Å². The number of hydrogen-bond acceptors (Lipinski definition) is 1. The Morgan fingerprint density at radius 3 is 3.09 bits per heavy atom. The van der Waals surface area contributed by atoms with E-state index in [4.69, 9.17) is 16.3 Å². The zero-order valence-corrected chi connectivity index (χ0v) is 6.69. The molecule has 0 aromatic heterocycles. The zero-order valence-electron chi connectivity index (χ0n) is 5.93. The van der Waals surface area contributed by atoms with Gasteiger partial charge < -0.3 is 4.74 Å². The summed E-state index contributed by atoms with van der Waals surface area (Å²) in [6.45, 7) is 3.73. The molecule has 0 spiro atoms. The van der Waals surface area contributed by atoms with Gasteiger partial charge in [0.1, 0.15) is 11.5 Å². The molecule has 1 aliphatic heterocycles. The van der Waals surface area contributed by atoms with Gasteiger partial charge in [-0.1, -0.05) is 18.2 Å². The van der Waals surface area contributed by atoms with Crippen LogP contribution in [-0.2, 0) is 6.42 Å². The number of ether oxygens (including phenoxy) is 1. The topological polar surface area (TPSA) is 9.23 Å². The monoisotopic (exact) mass is 166 g/mol. The average Bonchev–Trinajstić information content (AvgIpc) is 2.27. The quantitative estimate of drug-likeness (QED) is 0.576. The first-order chi connectivity index (χ1) is 5.25. The zero-order chi connectivity index (χ0) is 7.84. The standard InChI is InChI=1S/C9H7ClO/c1-6-4-7-5-8(10)2-3-9(7)11-6/h2-3,5H,1,4H2. The second-order valence-corrected chi connectivity index (χ2v) is 3.01. The van der Waals surface area contributed by atoms with Crippen molar-refractivity contribution in [3.05, 3.63) is 41.1 Å². The van der Waals surface area contributed by atoms with Gasteiger partial charge >= 0.3 is 0 Å². The minimum atomic E-state index is 0.752. The van der Waals surface area contributed by atoms with Gasteiger partial charge in [0.15, 0.2) is 0 Å². The van der Waals surface area contributed by atoms with E-state index in [1.165, 1.54) is 0 Å². The van der Waals surface area contributed by atoms with Gasteiger partial charge in [-0.15, -0.1) is 0 Å². The van der Waals surface area contributed by atoms with E-state index in [2.05, 4.69) is 6.58 Å². The summed E-state index contributed by atoms with van der Waals surface area (Å²) in [7, 11) is 0. The molecule has 0 saturated heterocycles. The molecule has 0 N–H and O–H groups in total. The van der Waals surface area contributed by atoms with E-state index >= 15 is 0 Å². The lowest BCUT2D eigenvalue weighted by Gasteiger charge is -1.96. The fraction of sp³-hybridized carbons (Fsp3) is 0.111. The van der Waals surface area contributed by atoms with Gasteiger partial charge in [0.2, 0.25) is 0 Å². The van der Waals surface area contributed by atoms with Crippen molar-refractivity contribution in [3.63, 3.8) is 0 Å². The van der Waals surface area contributed by atoms with Gasteiger partial charge in [0, 0.05) is 17.0 Å². The molecule has 0 bridgehead atoms. The molecule has 1 nitrogen and oxygen atoms in total. The summed E-state index contributed by atoms with van der Waals surface area (Å²) in [5.41, 5.74) is 1.13. The Kier molecular flexibility index (Phi) is 1.40. The van der Waals surface area contributed by atoms with E-state index < -0.39 is 0 Å². The van der Waals surface area contributed by atoms with Crippen molar-refractivity contribution in [2.45, 2.75) is 6.42 Å². The van der Waals surface area contributed by atoms with Crippen LogP contribution in [0.15, 0.2) is 30.5 Å². The first-order valence-corrected chi connectivity index (χ1v) is 3.77. The van der Waals surface area contributed by atoms with Crippen molar-refractivity contribution in [3.8, 4) is 5.75 Å². The van der Waals surface area contributed by atoms with Gasteiger partial charge in [-0.2, -0.15) is 0 Å². The lowest BCUT2D eigenvalue weighted by molar-refractivity contribution is 0.449. The molecule has 1 aliphatic rings. The summed E-state index contributed by atoms with van der Waals surface area (Å²) in [6.07, 6.45) is 0.788. The maximum atomic E-state index is 5.79. The van der Waals surface area contributed by atoms with Crippen molar-refractivity contribution in [2.24, 2.45) is 0 Å². The second kappa shape index (κ2) is 2.28. The Bertz CT molecular complexity index is 317. The van der Waals surface area contributed by atoms with E-state index in [1.54, 1.807) is 0 Å². The Morgan fingerprint density at radius 1 is 1.45 bits per heavy atom. The molecule has 1 aromatic rings. The Hall–Kier alpha value is -0.950. The van der Waals surface area contributed by atoms with Gasteiger partial charge in [0.25, 0.3) is 0 Å². The normalized spacial score (nSPS) is 14.5. The number of benzene rings is 1. The number of halogens is 1. The van der Waals surface area contributed by atoms with E-state index in [9.17, 15) is 0 Å². The summed E-state index contributed by atoms with van der Waals surface area (Å²) in [4.78, 5) is 0. The average molecular weight is 167 g/mol. The number of rotatable bonds is 0. The summed E-state index contributed by atoms with van der Waals surface area (Å²) in [5.74, 6) is 1.68. The molecule has 0 unspecified atom stereocenters. The van der Waals surface area contributed by atoms with E-state index in [-0.39, 0.29) is 0 Å². The number of hydrogen-bond donors (Lipinski definition) is 0. The third kappa shape index (κ3) is 1.12. The maximum absolute atomic E-state index is 5.79. The van der Waals surface area contributed by atoms with Crippen molar-refractivity contribution in [1.29, 1.82) is 0 Å². The van der Waals surface area contributed by atoms with Crippen LogP contribution in [-0.4, -0.2) is 0 Å². The largest absolute Gasteiger partial charge is 0.462 e. The highest BCUT2D eigenvalue weighted by Crippen LogP contribution is 2.31. The van der Waals surface area contributed by atoms with Gasteiger partial charge in [-0.3, -0.25) is 0 Å². The van der Waals surface area contributed by atoms with Crippen LogP contribution in [0, 0.1) is 0 Å². The summed E-state index contributed by atoms with van der Waals surface area (Å²) in [6, 6.07) is 5.60. The highest BCUT2D eigenvalue weighted by atomic mass is 35.5. The molecule has 1 aromatic carbocycles. The third-order valence-electron chi connectivity index (χ3n) is 1.66. The molecular formula is C9H7ClO. The molecule has 1 heterocycles. The SMILES string of the molecule is C=C1Cc2cc(Cl)ccc2O1. The molecule has 0 saturated carbocycles. The molecule has 0 fully saturated rings. The maximum Gasteiger partial charge on any atom is 0.130 e. The van der Waals surface area contributed by atoms with Crippen molar-refractivity contribution >= 4 is 11.6 Å². The molecule has 2 rings (SSSR count). The highest BCUT2D eigenvalue weighted by Gasteiger charge is 2.14. The van der Waals surface area contributed by atoms with Crippen LogP contribution in [0.3, 0.4) is 0 Å². The lowest BCUT2D eigenvalue weighted by atomic mass is 10.1. The highest BCUT2D eigenvalue weighted by molar-refractivity contribution is 6.30. The molecule has 2 heteroatoms. The second-order valence-electron chi connectivity index (χ2n) is 2.57. The van der Waals surface area contributed by atoms with Crippen LogP contribution >= 0.6 is 11.6 Å². The molecule has 56 valence electrons. The smallest absolute Gasteiger partial charge is 0.130 e. The van der Waals surface area contributed by atoms with Gasteiger partial charge in [-0.25, -0.2) is 0 Å².